The summed E-state index contributed by atoms with van der Waals surface area (Å²) in [4.78, 5) is 34.6. The molecule has 5 rings (SSSR count). The molecule has 1 amide bonds. The Bertz CT molecular complexity index is 807. The van der Waals surface area contributed by atoms with E-state index in [1.54, 1.807) is 29.6 Å². The SMILES string of the molecule is O=C(O)C1CC2CCC1CN(C(=O)c1ccc(-c3cccnc3)cn1)C2. The predicted octanol–water partition coefficient (Wildman–Crippen LogP) is 2.72. The van der Waals surface area contributed by atoms with E-state index in [0.29, 0.717) is 25.2 Å². The van der Waals surface area contributed by atoms with Crippen molar-refractivity contribution in [1.29, 1.82) is 0 Å². The van der Waals surface area contributed by atoms with Crippen LogP contribution in [0.3, 0.4) is 0 Å². The van der Waals surface area contributed by atoms with Crippen LogP contribution in [0, 0.1) is 17.8 Å². The van der Waals surface area contributed by atoms with Crippen molar-refractivity contribution in [2.75, 3.05) is 13.1 Å². The Morgan fingerprint density at radius 3 is 2.62 bits per heavy atom. The van der Waals surface area contributed by atoms with Gasteiger partial charge < -0.3 is 10.0 Å². The maximum absolute atomic E-state index is 12.9. The Labute approximate surface area is 151 Å². The van der Waals surface area contributed by atoms with Crippen molar-refractivity contribution >= 4 is 11.9 Å². The molecule has 1 saturated carbocycles. The smallest absolute Gasteiger partial charge is 0.306 e. The molecule has 3 fully saturated rings. The molecule has 2 aliphatic heterocycles. The van der Waals surface area contributed by atoms with Gasteiger partial charge >= 0.3 is 5.97 Å². The molecule has 6 heteroatoms. The Morgan fingerprint density at radius 1 is 1.08 bits per heavy atom. The molecule has 3 aliphatic rings. The summed E-state index contributed by atoms with van der Waals surface area (Å²) in [6, 6.07) is 7.43. The molecule has 1 N–H and O–H groups in total. The molecule has 0 aromatic carbocycles. The summed E-state index contributed by atoms with van der Waals surface area (Å²) in [5.41, 5.74) is 2.28. The van der Waals surface area contributed by atoms with E-state index in [-0.39, 0.29) is 23.7 Å². The van der Waals surface area contributed by atoms with Gasteiger partial charge in [0, 0.05) is 42.8 Å². The van der Waals surface area contributed by atoms with Gasteiger partial charge in [-0.05, 0) is 43.2 Å². The number of carboxylic acid groups (broad SMARTS) is 1. The van der Waals surface area contributed by atoms with Crippen molar-refractivity contribution < 1.29 is 14.7 Å². The molecule has 0 spiro atoms. The molecule has 2 aromatic heterocycles. The van der Waals surface area contributed by atoms with Crippen molar-refractivity contribution in [1.82, 2.24) is 14.9 Å². The summed E-state index contributed by atoms with van der Waals surface area (Å²) >= 11 is 0. The number of carboxylic acids is 1. The number of amides is 1. The fraction of sp³-hybridized carbons (Fsp3) is 0.400. The zero-order valence-corrected chi connectivity index (χ0v) is 14.4. The molecule has 2 bridgehead atoms. The standard InChI is InChI=1S/C20H21N3O3/c24-19(18-6-5-15(10-22-18)14-2-1-7-21-9-14)23-11-13-3-4-16(12-23)17(8-13)20(25)26/h1-2,5-7,9-10,13,16-17H,3-4,8,11-12H2,(H,25,26). The number of aromatic nitrogens is 2. The first-order chi connectivity index (χ1) is 12.6. The van der Waals surface area contributed by atoms with Crippen LogP contribution in [0.2, 0.25) is 0 Å². The summed E-state index contributed by atoms with van der Waals surface area (Å²) in [6.45, 7) is 1.14. The molecule has 134 valence electrons. The number of fused-ring (bicyclic) bond motifs is 4. The average molecular weight is 351 g/mol. The number of carbonyl (C=O) groups excluding carboxylic acids is 1. The third-order valence-electron chi connectivity index (χ3n) is 5.62. The van der Waals surface area contributed by atoms with Gasteiger partial charge in [-0.3, -0.25) is 19.6 Å². The lowest BCUT2D eigenvalue weighted by Crippen LogP contribution is -2.36. The molecule has 6 nitrogen and oxygen atoms in total. The van der Waals surface area contributed by atoms with Gasteiger partial charge in [-0.1, -0.05) is 12.1 Å². The van der Waals surface area contributed by atoms with E-state index < -0.39 is 5.97 Å². The first-order valence-corrected chi connectivity index (χ1v) is 9.00. The normalized spacial score (nSPS) is 24.9. The summed E-state index contributed by atoms with van der Waals surface area (Å²) in [5, 5.41) is 9.45. The summed E-state index contributed by atoms with van der Waals surface area (Å²) < 4.78 is 0. The number of pyridine rings is 2. The minimum Gasteiger partial charge on any atom is -0.481 e. The number of nitrogens with zero attached hydrogens (tertiary/aromatic N) is 3. The van der Waals surface area contributed by atoms with Crippen LogP contribution in [0.15, 0.2) is 42.9 Å². The van der Waals surface area contributed by atoms with Crippen LogP contribution in [-0.4, -0.2) is 44.9 Å². The van der Waals surface area contributed by atoms with E-state index in [1.165, 1.54) is 0 Å². The van der Waals surface area contributed by atoms with Crippen molar-refractivity contribution in [2.45, 2.75) is 19.3 Å². The molecular weight excluding hydrogens is 330 g/mol. The summed E-state index contributed by atoms with van der Waals surface area (Å²) in [7, 11) is 0. The zero-order chi connectivity index (χ0) is 18.1. The highest BCUT2D eigenvalue weighted by Gasteiger charge is 2.41. The van der Waals surface area contributed by atoms with Crippen LogP contribution in [0.25, 0.3) is 11.1 Å². The van der Waals surface area contributed by atoms with Crippen molar-refractivity contribution in [2.24, 2.45) is 17.8 Å². The van der Waals surface area contributed by atoms with Gasteiger partial charge in [-0.15, -0.1) is 0 Å². The lowest BCUT2D eigenvalue weighted by Gasteiger charge is -2.28. The lowest BCUT2D eigenvalue weighted by atomic mass is 9.76. The molecule has 2 aromatic rings. The monoisotopic (exact) mass is 351 g/mol. The Kier molecular flexibility index (Phi) is 4.41. The highest BCUT2D eigenvalue weighted by molar-refractivity contribution is 5.92. The molecular formula is C20H21N3O3. The fourth-order valence-corrected chi connectivity index (χ4v) is 4.23. The highest BCUT2D eigenvalue weighted by Crippen LogP contribution is 2.38. The number of carbonyl (C=O) groups is 2. The average Bonchev–Trinajstić information content (AvgIpc) is 3.00. The van der Waals surface area contributed by atoms with E-state index in [4.69, 9.17) is 0 Å². The predicted molar refractivity (Wildman–Crippen MR) is 95.3 cm³/mol. The summed E-state index contributed by atoms with van der Waals surface area (Å²) in [5.74, 6) is -0.843. The Morgan fingerprint density at radius 2 is 1.92 bits per heavy atom. The van der Waals surface area contributed by atoms with Gasteiger partial charge in [-0.2, -0.15) is 0 Å². The third kappa shape index (κ3) is 3.19. The van der Waals surface area contributed by atoms with Crippen LogP contribution in [0.5, 0.6) is 0 Å². The largest absolute Gasteiger partial charge is 0.481 e. The van der Waals surface area contributed by atoms with Gasteiger partial charge in [0.1, 0.15) is 5.69 Å². The molecule has 1 aliphatic carbocycles. The molecule has 4 heterocycles. The van der Waals surface area contributed by atoms with Crippen LogP contribution in [0.1, 0.15) is 29.8 Å². The van der Waals surface area contributed by atoms with E-state index in [2.05, 4.69) is 9.97 Å². The first-order valence-electron chi connectivity index (χ1n) is 9.00. The third-order valence-corrected chi connectivity index (χ3v) is 5.62. The quantitative estimate of drug-likeness (QED) is 0.919. The number of aliphatic carboxylic acids is 1. The van der Waals surface area contributed by atoms with E-state index in [0.717, 1.165) is 24.0 Å². The lowest BCUT2D eigenvalue weighted by molar-refractivity contribution is -0.145. The molecule has 26 heavy (non-hydrogen) atoms. The van der Waals surface area contributed by atoms with Crippen LogP contribution in [-0.2, 0) is 4.79 Å². The maximum Gasteiger partial charge on any atom is 0.306 e. The van der Waals surface area contributed by atoms with Crippen molar-refractivity contribution in [3.05, 3.63) is 48.5 Å². The molecule has 0 radical (unpaired) electrons. The minimum absolute atomic E-state index is 0.0462. The van der Waals surface area contributed by atoms with Crippen LogP contribution >= 0.6 is 0 Å². The van der Waals surface area contributed by atoms with Gasteiger partial charge in [-0.25, -0.2) is 0 Å². The van der Waals surface area contributed by atoms with Gasteiger partial charge in [0.2, 0.25) is 0 Å². The second-order valence-corrected chi connectivity index (χ2v) is 7.27. The van der Waals surface area contributed by atoms with Gasteiger partial charge in [0.15, 0.2) is 0 Å². The van der Waals surface area contributed by atoms with Gasteiger partial charge in [0.05, 0.1) is 5.92 Å². The van der Waals surface area contributed by atoms with E-state index in [9.17, 15) is 14.7 Å². The molecule has 3 atom stereocenters. The second-order valence-electron chi connectivity index (χ2n) is 7.27. The Balaban J connectivity index is 1.52. The van der Waals surface area contributed by atoms with E-state index in [1.807, 2.05) is 18.2 Å². The number of hydrogen-bond acceptors (Lipinski definition) is 4. The van der Waals surface area contributed by atoms with Gasteiger partial charge in [0.25, 0.3) is 5.91 Å². The first kappa shape index (κ1) is 16.7. The topological polar surface area (TPSA) is 83.4 Å². The maximum atomic E-state index is 12.9. The fourth-order valence-electron chi connectivity index (χ4n) is 4.23. The van der Waals surface area contributed by atoms with Crippen LogP contribution in [0.4, 0.5) is 0 Å². The number of rotatable bonds is 3. The summed E-state index contributed by atoms with van der Waals surface area (Å²) in [6.07, 6.45) is 7.74. The Hall–Kier alpha value is -2.76. The minimum atomic E-state index is -0.729. The number of hydrogen-bond donors (Lipinski definition) is 1. The highest BCUT2D eigenvalue weighted by atomic mass is 16.4. The second kappa shape index (κ2) is 6.86. The van der Waals surface area contributed by atoms with Crippen molar-refractivity contribution in [3.8, 4) is 11.1 Å². The molecule has 3 unspecified atom stereocenters. The van der Waals surface area contributed by atoms with E-state index >= 15 is 0 Å². The zero-order valence-electron chi connectivity index (χ0n) is 14.4. The molecule has 2 saturated heterocycles. The van der Waals surface area contributed by atoms with Crippen molar-refractivity contribution in [3.63, 3.8) is 0 Å². The van der Waals surface area contributed by atoms with Crippen LogP contribution < -0.4 is 0 Å².